The predicted octanol–water partition coefficient (Wildman–Crippen LogP) is 3.97. The van der Waals surface area contributed by atoms with Crippen LogP contribution in [0.4, 0.5) is 10.1 Å². The molecule has 1 atom stereocenters. The van der Waals surface area contributed by atoms with Crippen molar-refractivity contribution in [2.75, 3.05) is 11.4 Å². The first-order valence-electron chi connectivity index (χ1n) is 8.02. The van der Waals surface area contributed by atoms with E-state index in [-0.39, 0.29) is 11.7 Å². The molecule has 1 aliphatic heterocycles. The zero-order chi connectivity index (χ0) is 17.2. The Morgan fingerprint density at radius 3 is 2.67 bits per heavy atom. The first-order chi connectivity index (χ1) is 11.5. The van der Waals surface area contributed by atoms with E-state index in [1.54, 1.807) is 11.0 Å². The van der Waals surface area contributed by atoms with Gasteiger partial charge in [-0.3, -0.25) is 4.79 Å². The zero-order valence-electron chi connectivity index (χ0n) is 13.2. The van der Waals surface area contributed by atoms with Crippen molar-refractivity contribution in [1.29, 1.82) is 0 Å². The number of carbonyl (C=O) groups is 1. The number of carbonyl (C=O) groups excluding carboxylic acids is 1. The third-order valence-corrected chi connectivity index (χ3v) is 4.66. The van der Waals surface area contributed by atoms with E-state index in [2.05, 4.69) is 0 Å². The summed E-state index contributed by atoms with van der Waals surface area (Å²) in [7, 11) is 0. The van der Waals surface area contributed by atoms with Crippen LogP contribution in [0.2, 0.25) is 5.02 Å². The Bertz CT molecular complexity index is 717. The number of anilines is 1. The molecule has 126 valence electrons. The van der Waals surface area contributed by atoms with Crippen LogP contribution >= 0.6 is 11.6 Å². The van der Waals surface area contributed by atoms with E-state index in [9.17, 15) is 14.3 Å². The average Bonchev–Trinajstić information content (AvgIpc) is 2.83. The molecule has 1 heterocycles. The number of para-hydroxylation sites is 1. The van der Waals surface area contributed by atoms with E-state index >= 15 is 0 Å². The van der Waals surface area contributed by atoms with Crippen LogP contribution in [-0.2, 0) is 11.2 Å². The summed E-state index contributed by atoms with van der Waals surface area (Å²) >= 11 is 5.84. The fraction of sp³-hybridized carbons (Fsp3) is 0.316. The average molecular weight is 348 g/mol. The predicted molar refractivity (Wildman–Crippen MR) is 92.7 cm³/mol. The van der Waals surface area contributed by atoms with E-state index in [0.29, 0.717) is 37.3 Å². The van der Waals surface area contributed by atoms with E-state index in [1.807, 2.05) is 30.3 Å². The molecule has 0 saturated carbocycles. The number of amides is 1. The fourth-order valence-electron chi connectivity index (χ4n) is 3.18. The van der Waals surface area contributed by atoms with Crippen molar-refractivity contribution in [3.8, 4) is 0 Å². The molecule has 0 aromatic heterocycles. The second kappa shape index (κ2) is 6.91. The Kier molecular flexibility index (Phi) is 4.88. The number of benzene rings is 2. The first kappa shape index (κ1) is 16.9. The van der Waals surface area contributed by atoms with Crippen molar-refractivity contribution in [1.82, 2.24) is 0 Å². The highest BCUT2D eigenvalue weighted by Crippen LogP contribution is 2.32. The largest absolute Gasteiger partial charge is 0.380 e. The number of aryl methyl sites for hydroxylation is 1. The molecule has 0 unspecified atom stereocenters. The highest BCUT2D eigenvalue weighted by Gasteiger charge is 2.44. The molecular formula is C19H19ClFNO2. The number of nitrogens with zero attached hydrogens (tertiary/aromatic N) is 1. The van der Waals surface area contributed by atoms with Gasteiger partial charge in [0.1, 0.15) is 11.4 Å². The van der Waals surface area contributed by atoms with Gasteiger partial charge < -0.3 is 10.0 Å². The Morgan fingerprint density at radius 1 is 1.21 bits per heavy atom. The van der Waals surface area contributed by atoms with Crippen molar-refractivity contribution in [3.63, 3.8) is 0 Å². The zero-order valence-corrected chi connectivity index (χ0v) is 14.0. The Labute approximate surface area is 145 Å². The quantitative estimate of drug-likeness (QED) is 0.889. The maximum absolute atomic E-state index is 13.3. The van der Waals surface area contributed by atoms with Gasteiger partial charge in [-0.25, -0.2) is 4.39 Å². The number of halogens is 2. The van der Waals surface area contributed by atoms with Gasteiger partial charge in [-0.2, -0.15) is 0 Å². The van der Waals surface area contributed by atoms with Gasteiger partial charge in [0.2, 0.25) is 0 Å². The molecule has 3 nitrogen and oxygen atoms in total. The second-order valence-corrected chi connectivity index (χ2v) is 6.64. The van der Waals surface area contributed by atoms with Crippen LogP contribution in [-0.4, -0.2) is 23.2 Å². The summed E-state index contributed by atoms with van der Waals surface area (Å²) in [6.45, 7) is 0.505. The molecule has 0 bridgehead atoms. The third kappa shape index (κ3) is 3.60. The van der Waals surface area contributed by atoms with Crippen molar-refractivity contribution in [3.05, 3.63) is 64.9 Å². The van der Waals surface area contributed by atoms with Crippen LogP contribution < -0.4 is 4.90 Å². The van der Waals surface area contributed by atoms with Gasteiger partial charge >= 0.3 is 0 Å². The third-order valence-electron chi connectivity index (χ3n) is 4.44. The lowest BCUT2D eigenvalue weighted by atomic mass is 9.93. The van der Waals surface area contributed by atoms with Crippen LogP contribution in [0.15, 0.2) is 48.5 Å². The number of aliphatic hydroxyl groups is 1. The molecule has 2 aromatic carbocycles. The van der Waals surface area contributed by atoms with Crippen LogP contribution in [0.25, 0.3) is 0 Å². The van der Waals surface area contributed by atoms with Crippen molar-refractivity contribution in [2.45, 2.75) is 31.3 Å². The molecule has 2 aromatic rings. The van der Waals surface area contributed by atoms with E-state index in [0.717, 1.165) is 11.3 Å². The molecule has 5 heteroatoms. The summed E-state index contributed by atoms with van der Waals surface area (Å²) in [5.74, 6) is -0.630. The maximum Gasteiger partial charge on any atom is 0.259 e. The number of rotatable bonds is 5. The lowest BCUT2D eigenvalue weighted by Gasteiger charge is -2.22. The van der Waals surface area contributed by atoms with E-state index < -0.39 is 5.60 Å². The van der Waals surface area contributed by atoms with Crippen molar-refractivity contribution in [2.24, 2.45) is 0 Å². The number of hydrogen-bond donors (Lipinski definition) is 1. The van der Waals surface area contributed by atoms with Gasteiger partial charge in [-0.15, -0.1) is 0 Å². The molecule has 3 rings (SSSR count). The number of hydrogen-bond acceptors (Lipinski definition) is 2. The van der Waals surface area contributed by atoms with Crippen LogP contribution in [0.1, 0.15) is 24.8 Å². The molecule has 0 spiro atoms. The summed E-state index contributed by atoms with van der Waals surface area (Å²) in [5.41, 5.74) is 0.233. The van der Waals surface area contributed by atoms with Gasteiger partial charge in [0.25, 0.3) is 5.91 Å². The maximum atomic E-state index is 13.3. The van der Waals surface area contributed by atoms with Crippen molar-refractivity contribution < 1.29 is 14.3 Å². The van der Waals surface area contributed by atoms with Gasteiger partial charge in [0, 0.05) is 23.7 Å². The molecule has 1 amide bonds. The van der Waals surface area contributed by atoms with Crippen LogP contribution in [0.3, 0.4) is 0 Å². The first-order valence-corrected chi connectivity index (χ1v) is 8.40. The van der Waals surface area contributed by atoms with Crippen molar-refractivity contribution >= 4 is 23.2 Å². The topological polar surface area (TPSA) is 40.5 Å². The summed E-state index contributed by atoms with van der Waals surface area (Å²) in [4.78, 5) is 14.2. The molecule has 1 N–H and O–H groups in total. The van der Waals surface area contributed by atoms with E-state index in [1.165, 1.54) is 12.1 Å². The Balaban J connectivity index is 1.62. The summed E-state index contributed by atoms with van der Waals surface area (Å²) in [5, 5.41) is 11.0. The van der Waals surface area contributed by atoms with Crippen LogP contribution in [0.5, 0.6) is 0 Å². The summed E-state index contributed by atoms with van der Waals surface area (Å²) in [6, 6.07) is 13.7. The lowest BCUT2D eigenvalue weighted by molar-refractivity contribution is -0.133. The minimum absolute atomic E-state index is 0.258. The van der Waals surface area contributed by atoms with Gasteiger partial charge in [-0.1, -0.05) is 29.8 Å². The lowest BCUT2D eigenvalue weighted by Crippen LogP contribution is -2.40. The molecular weight excluding hydrogens is 329 g/mol. The SMILES string of the molecule is O=C1N(c2ccccc2)CC[C@@]1(O)CCCc1cc(F)cc(Cl)c1. The van der Waals surface area contributed by atoms with E-state index in [4.69, 9.17) is 11.6 Å². The van der Waals surface area contributed by atoms with Gasteiger partial charge in [0.15, 0.2) is 0 Å². The Morgan fingerprint density at radius 2 is 1.96 bits per heavy atom. The molecule has 1 saturated heterocycles. The van der Waals surface area contributed by atoms with Gasteiger partial charge in [-0.05, 0) is 55.2 Å². The fourth-order valence-corrected chi connectivity index (χ4v) is 3.43. The molecule has 0 aliphatic carbocycles. The summed E-state index contributed by atoms with van der Waals surface area (Å²) in [6.07, 6.45) is 1.91. The molecule has 24 heavy (non-hydrogen) atoms. The normalized spacial score (nSPS) is 20.6. The Hall–Kier alpha value is -1.91. The minimum atomic E-state index is -1.34. The van der Waals surface area contributed by atoms with Crippen LogP contribution in [0, 0.1) is 5.82 Å². The molecule has 1 fully saturated rings. The standard InChI is InChI=1S/C19H19ClFNO2/c20-15-11-14(12-16(21)13-15)5-4-8-19(24)9-10-22(18(19)23)17-6-2-1-3-7-17/h1-3,6-7,11-13,24H,4-5,8-10H2/t19-/m0/s1. The highest BCUT2D eigenvalue weighted by atomic mass is 35.5. The van der Waals surface area contributed by atoms with Gasteiger partial charge in [0.05, 0.1) is 0 Å². The smallest absolute Gasteiger partial charge is 0.259 e. The monoisotopic (exact) mass is 347 g/mol. The minimum Gasteiger partial charge on any atom is -0.380 e. The summed E-state index contributed by atoms with van der Waals surface area (Å²) < 4.78 is 13.3. The highest BCUT2D eigenvalue weighted by molar-refractivity contribution is 6.30. The molecule has 0 radical (unpaired) electrons. The molecule has 1 aliphatic rings. The second-order valence-electron chi connectivity index (χ2n) is 6.21.